The maximum atomic E-state index is 12.9. The number of ketones is 2. The number of carbonyl (C=O) groups is 3. The molecule has 156 valence electrons. The second kappa shape index (κ2) is 6.49. The predicted molar refractivity (Wildman–Crippen MR) is 108 cm³/mol. The number of hydrogen-bond donors (Lipinski definition) is 2. The quantitative estimate of drug-likeness (QED) is 0.708. The van der Waals surface area contributed by atoms with Gasteiger partial charge in [0.05, 0.1) is 6.42 Å². The van der Waals surface area contributed by atoms with E-state index in [-0.39, 0.29) is 41.2 Å². The van der Waals surface area contributed by atoms with Crippen LogP contribution in [0.2, 0.25) is 0 Å². The van der Waals surface area contributed by atoms with Gasteiger partial charge in [0.1, 0.15) is 6.61 Å². The Balaban J connectivity index is 1.81. The van der Waals surface area contributed by atoms with Crippen molar-refractivity contribution < 1.29 is 24.6 Å². The summed E-state index contributed by atoms with van der Waals surface area (Å²) in [5.74, 6) is -0.567. The Morgan fingerprint density at radius 1 is 1.24 bits per heavy atom. The first-order chi connectivity index (χ1) is 13.6. The van der Waals surface area contributed by atoms with Crippen LogP contribution < -0.4 is 0 Å². The average molecular weight is 398 g/mol. The van der Waals surface area contributed by atoms with Gasteiger partial charge in [-0.2, -0.15) is 0 Å². The zero-order chi connectivity index (χ0) is 21.2. The molecule has 0 amide bonds. The van der Waals surface area contributed by atoms with Gasteiger partial charge in [-0.25, -0.2) is 0 Å². The first kappa shape index (κ1) is 20.3. The van der Waals surface area contributed by atoms with Crippen molar-refractivity contribution in [2.24, 2.45) is 34.0 Å². The molecule has 0 saturated heterocycles. The van der Waals surface area contributed by atoms with Crippen LogP contribution in [0.1, 0.15) is 52.9 Å². The number of carboxylic acids is 1. The predicted octanol–water partition coefficient (Wildman–Crippen LogP) is 3.48. The van der Waals surface area contributed by atoms with Gasteiger partial charge in [-0.15, -0.1) is 0 Å². The van der Waals surface area contributed by atoms with Crippen molar-refractivity contribution in [3.63, 3.8) is 0 Å². The minimum absolute atomic E-state index is 0.0407. The lowest BCUT2D eigenvalue weighted by Gasteiger charge is -2.56. The van der Waals surface area contributed by atoms with E-state index in [0.29, 0.717) is 12.8 Å². The topological polar surface area (TPSA) is 91.7 Å². The summed E-state index contributed by atoms with van der Waals surface area (Å²) in [4.78, 5) is 36.6. The fraction of sp³-hybridized carbons (Fsp3) is 0.625. The molecule has 5 nitrogen and oxygen atoms in total. The molecule has 4 aliphatic carbocycles. The van der Waals surface area contributed by atoms with Gasteiger partial charge in [-0.05, 0) is 73.5 Å². The molecule has 2 saturated carbocycles. The van der Waals surface area contributed by atoms with Gasteiger partial charge in [-0.1, -0.05) is 31.6 Å². The molecule has 6 atom stereocenters. The number of Topliss-reactive ketones (excluding diaryl/α,β-unsaturated/α-hetero) is 1. The third-order valence-electron chi connectivity index (χ3n) is 8.77. The lowest BCUT2D eigenvalue weighted by Crippen LogP contribution is -2.52. The molecule has 0 aliphatic heterocycles. The fourth-order valence-corrected chi connectivity index (χ4v) is 7.31. The smallest absolute Gasteiger partial charge is 0.304 e. The summed E-state index contributed by atoms with van der Waals surface area (Å²) in [6.07, 6.45) is 10.3. The lowest BCUT2D eigenvalue weighted by molar-refractivity contribution is -0.152. The lowest BCUT2D eigenvalue weighted by atomic mass is 9.47. The second-order valence-electron chi connectivity index (χ2n) is 9.94. The number of rotatable bonds is 4. The van der Waals surface area contributed by atoms with Crippen LogP contribution >= 0.6 is 0 Å². The first-order valence-electron chi connectivity index (χ1n) is 10.6. The summed E-state index contributed by atoms with van der Waals surface area (Å²) in [7, 11) is 0. The normalized spacial score (nSPS) is 43.0. The van der Waals surface area contributed by atoms with Crippen LogP contribution in [0.15, 0.2) is 35.5 Å². The molecule has 0 heterocycles. The van der Waals surface area contributed by atoms with Crippen molar-refractivity contribution in [3.8, 4) is 0 Å². The molecule has 0 aromatic heterocycles. The monoisotopic (exact) mass is 398 g/mol. The zero-order valence-corrected chi connectivity index (χ0v) is 17.4. The third kappa shape index (κ3) is 2.59. The van der Waals surface area contributed by atoms with E-state index in [1.54, 1.807) is 12.2 Å². The standard InChI is InChI=1S/C24H30O5/c1-14-10-16-17(22(2)7-4-15(26)11-19(14)22)5-8-23(3)18(16)6-9-24(23,12-21(28)29)20(27)13-25/h4-5,7,11,14,16,18,25H,6,8-10,12-13H2,1-3H3,(H,28,29)/t14-,16?,18?,22+,23-,24?/m0/s1. The van der Waals surface area contributed by atoms with Crippen molar-refractivity contribution in [1.82, 2.24) is 0 Å². The van der Waals surface area contributed by atoms with E-state index in [4.69, 9.17) is 0 Å². The molecule has 0 aromatic rings. The number of aliphatic hydroxyl groups excluding tert-OH is 1. The second-order valence-corrected chi connectivity index (χ2v) is 9.94. The van der Waals surface area contributed by atoms with E-state index >= 15 is 0 Å². The molecule has 0 aromatic carbocycles. The van der Waals surface area contributed by atoms with Crippen molar-refractivity contribution in [3.05, 3.63) is 35.5 Å². The minimum atomic E-state index is -1.01. The summed E-state index contributed by atoms with van der Waals surface area (Å²) in [6, 6.07) is 0. The molecule has 2 fully saturated rings. The van der Waals surface area contributed by atoms with Gasteiger partial charge in [0.2, 0.25) is 0 Å². The molecule has 3 unspecified atom stereocenters. The molecular weight excluding hydrogens is 368 g/mol. The minimum Gasteiger partial charge on any atom is -0.481 e. The third-order valence-corrected chi connectivity index (χ3v) is 8.77. The van der Waals surface area contributed by atoms with Crippen LogP contribution in [0.5, 0.6) is 0 Å². The summed E-state index contributed by atoms with van der Waals surface area (Å²) in [5, 5.41) is 19.3. The Morgan fingerprint density at radius 3 is 2.62 bits per heavy atom. The van der Waals surface area contributed by atoms with Crippen molar-refractivity contribution >= 4 is 17.5 Å². The number of aliphatic hydroxyl groups is 1. The molecule has 4 rings (SSSR count). The fourth-order valence-electron chi connectivity index (χ4n) is 7.31. The molecule has 4 aliphatic rings. The number of hydrogen-bond acceptors (Lipinski definition) is 4. The zero-order valence-electron chi connectivity index (χ0n) is 17.4. The Labute approximate surface area is 171 Å². The Morgan fingerprint density at radius 2 is 1.97 bits per heavy atom. The molecular formula is C24H30O5. The number of allylic oxidation sites excluding steroid dienone is 6. The van der Waals surface area contributed by atoms with Gasteiger partial charge in [0.25, 0.3) is 0 Å². The van der Waals surface area contributed by atoms with Gasteiger partial charge in [0.15, 0.2) is 11.6 Å². The molecule has 29 heavy (non-hydrogen) atoms. The number of carbonyl (C=O) groups excluding carboxylic acids is 2. The highest BCUT2D eigenvalue weighted by atomic mass is 16.4. The number of fused-ring (bicyclic) bond motifs is 5. The summed E-state index contributed by atoms with van der Waals surface area (Å²) >= 11 is 0. The van der Waals surface area contributed by atoms with Crippen molar-refractivity contribution in [2.45, 2.75) is 52.9 Å². The van der Waals surface area contributed by atoms with E-state index in [0.717, 1.165) is 18.4 Å². The molecule has 0 bridgehead atoms. The maximum absolute atomic E-state index is 12.9. The Bertz CT molecular complexity index is 880. The van der Waals surface area contributed by atoms with E-state index in [9.17, 15) is 24.6 Å². The van der Waals surface area contributed by atoms with Crippen LogP contribution in [0, 0.1) is 34.0 Å². The molecule has 2 N–H and O–H groups in total. The van der Waals surface area contributed by atoms with E-state index in [2.05, 4.69) is 26.8 Å². The Hall–Kier alpha value is -2.01. The maximum Gasteiger partial charge on any atom is 0.304 e. The van der Waals surface area contributed by atoms with E-state index in [1.165, 1.54) is 5.57 Å². The van der Waals surface area contributed by atoms with Gasteiger partial charge < -0.3 is 10.2 Å². The van der Waals surface area contributed by atoms with Crippen LogP contribution in [-0.4, -0.2) is 34.4 Å². The highest BCUT2D eigenvalue weighted by Crippen LogP contribution is 2.69. The highest BCUT2D eigenvalue weighted by molar-refractivity contribution is 6.01. The Kier molecular flexibility index (Phi) is 4.54. The van der Waals surface area contributed by atoms with E-state index < -0.39 is 23.4 Å². The van der Waals surface area contributed by atoms with Crippen molar-refractivity contribution in [1.29, 1.82) is 0 Å². The van der Waals surface area contributed by atoms with E-state index in [1.807, 2.05) is 6.08 Å². The van der Waals surface area contributed by atoms with Crippen LogP contribution in [-0.2, 0) is 14.4 Å². The number of carboxylic acid groups (broad SMARTS) is 1. The SMILES string of the molecule is C[C@H]1CC2C(=CC[C@@]3(C)C2CCC3(CC(=O)O)C(=O)CO)[C@@]2(C)C=CC(=O)C=C12. The molecule has 5 heteroatoms. The van der Waals surface area contributed by atoms with Crippen LogP contribution in [0.25, 0.3) is 0 Å². The summed E-state index contributed by atoms with van der Waals surface area (Å²) in [5.41, 5.74) is 0.702. The average Bonchev–Trinajstić information content (AvgIpc) is 2.95. The van der Waals surface area contributed by atoms with Gasteiger partial charge in [0, 0.05) is 10.8 Å². The summed E-state index contributed by atoms with van der Waals surface area (Å²) < 4.78 is 0. The van der Waals surface area contributed by atoms with Gasteiger partial charge >= 0.3 is 5.97 Å². The van der Waals surface area contributed by atoms with Crippen molar-refractivity contribution in [2.75, 3.05) is 6.61 Å². The van der Waals surface area contributed by atoms with Gasteiger partial charge in [-0.3, -0.25) is 14.4 Å². The summed E-state index contributed by atoms with van der Waals surface area (Å²) in [6.45, 7) is 5.80. The molecule has 0 spiro atoms. The highest BCUT2D eigenvalue weighted by Gasteiger charge is 2.65. The van der Waals surface area contributed by atoms with Crippen LogP contribution in [0.4, 0.5) is 0 Å². The number of aliphatic carboxylic acids is 1. The first-order valence-corrected chi connectivity index (χ1v) is 10.6. The van der Waals surface area contributed by atoms with Crippen LogP contribution in [0.3, 0.4) is 0 Å². The molecule has 0 radical (unpaired) electrons. The largest absolute Gasteiger partial charge is 0.481 e.